The Bertz CT molecular complexity index is 780. The van der Waals surface area contributed by atoms with Gasteiger partial charge in [-0.2, -0.15) is 4.98 Å². The van der Waals surface area contributed by atoms with Gasteiger partial charge in [-0.25, -0.2) is 4.79 Å². The zero-order chi connectivity index (χ0) is 16.1. The molecule has 0 atom stereocenters. The SMILES string of the molecule is CCOC(=O)c1nc(Cc2ccc(-c3ccccc3)cc2)no1. The van der Waals surface area contributed by atoms with E-state index in [2.05, 4.69) is 34.4 Å². The largest absolute Gasteiger partial charge is 0.459 e. The number of aromatic nitrogens is 2. The summed E-state index contributed by atoms with van der Waals surface area (Å²) >= 11 is 0. The van der Waals surface area contributed by atoms with Crippen LogP contribution in [0.2, 0.25) is 0 Å². The van der Waals surface area contributed by atoms with E-state index in [1.54, 1.807) is 6.92 Å². The molecule has 0 spiro atoms. The van der Waals surface area contributed by atoms with E-state index in [0.29, 0.717) is 12.2 Å². The molecule has 2 aromatic carbocycles. The fourth-order valence-corrected chi connectivity index (χ4v) is 2.23. The smallest absolute Gasteiger partial charge is 0.397 e. The highest BCUT2D eigenvalue weighted by Crippen LogP contribution is 2.20. The number of carbonyl (C=O) groups is 1. The Morgan fingerprint density at radius 1 is 1.04 bits per heavy atom. The fraction of sp³-hybridized carbons (Fsp3) is 0.167. The van der Waals surface area contributed by atoms with E-state index in [4.69, 9.17) is 9.26 Å². The molecule has 0 fully saturated rings. The van der Waals surface area contributed by atoms with Gasteiger partial charge >= 0.3 is 11.9 Å². The van der Waals surface area contributed by atoms with Crippen molar-refractivity contribution in [1.29, 1.82) is 0 Å². The second-order valence-electron chi connectivity index (χ2n) is 4.98. The van der Waals surface area contributed by atoms with Crippen molar-refractivity contribution in [3.05, 3.63) is 71.9 Å². The lowest BCUT2D eigenvalue weighted by molar-refractivity contribution is 0.0470. The van der Waals surface area contributed by atoms with Crippen molar-refractivity contribution in [3.63, 3.8) is 0 Å². The highest BCUT2D eigenvalue weighted by Gasteiger charge is 2.16. The van der Waals surface area contributed by atoms with Crippen molar-refractivity contribution >= 4 is 5.97 Å². The van der Waals surface area contributed by atoms with Crippen LogP contribution in [0.3, 0.4) is 0 Å². The van der Waals surface area contributed by atoms with Crippen molar-refractivity contribution in [1.82, 2.24) is 10.1 Å². The third kappa shape index (κ3) is 3.63. The van der Waals surface area contributed by atoms with Crippen LogP contribution in [0.1, 0.15) is 29.0 Å². The molecule has 23 heavy (non-hydrogen) atoms. The van der Waals surface area contributed by atoms with Gasteiger partial charge in [0.2, 0.25) is 0 Å². The molecule has 3 rings (SSSR count). The van der Waals surface area contributed by atoms with Gasteiger partial charge in [0.15, 0.2) is 5.82 Å². The summed E-state index contributed by atoms with van der Waals surface area (Å²) in [6, 6.07) is 18.3. The van der Waals surface area contributed by atoms with Gasteiger partial charge in [0, 0.05) is 6.42 Å². The van der Waals surface area contributed by atoms with Crippen molar-refractivity contribution in [2.75, 3.05) is 6.61 Å². The quantitative estimate of drug-likeness (QED) is 0.675. The van der Waals surface area contributed by atoms with Crippen molar-refractivity contribution < 1.29 is 14.1 Å². The Labute approximate surface area is 133 Å². The van der Waals surface area contributed by atoms with E-state index >= 15 is 0 Å². The minimum atomic E-state index is -0.592. The number of carbonyl (C=O) groups excluding carboxylic acids is 1. The topological polar surface area (TPSA) is 65.2 Å². The third-order valence-corrected chi connectivity index (χ3v) is 3.34. The summed E-state index contributed by atoms with van der Waals surface area (Å²) in [5.74, 6) is -0.242. The molecule has 0 aliphatic carbocycles. The molecule has 3 aromatic rings. The zero-order valence-electron chi connectivity index (χ0n) is 12.7. The Balaban J connectivity index is 1.70. The first-order chi connectivity index (χ1) is 11.3. The van der Waals surface area contributed by atoms with E-state index in [0.717, 1.165) is 11.1 Å². The number of nitrogens with zero attached hydrogens (tertiary/aromatic N) is 2. The van der Waals surface area contributed by atoms with Crippen LogP contribution < -0.4 is 0 Å². The van der Waals surface area contributed by atoms with Gasteiger partial charge in [-0.1, -0.05) is 59.8 Å². The van der Waals surface area contributed by atoms with Crippen LogP contribution in [0.4, 0.5) is 0 Å². The van der Waals surface area contributed by atoms with E-state index < -0.39 is 5.97 Å². The summed E-state index contributed by atoms with van der Waals surface area (Å²) in [6.45, 7) is 2.00. The Morgan fingerprint density at radius 2 is 1.74 bits per heavy atom. The Hall–Kier alpha value is -2.95. The zero-order valence-corrected chi connectivity index (χ0v) is 12.7. The van der Waals surface area contributed by atoms with Gasteiger partial charge in [-0.3, -0.25) is 0 Å². The maximum Gasteiger partial charge on any atom is 0.397 e. The molecule has 0 radical (unpaired) electrons. The van der Waals surface area contributed by atoms with Crippen molar-refractivity contribution in [3.8, 4) is 11.1 Å². The first-order valence-electron chi connectivity index (χ1n) is 7.40. The van der Waals surface area contributed by atoms with Gasteiger partial charge < -0.3 is 9.26 Å². The molecule has 0 N–H and O–H groups in total. The van der Waals surface area contributed by atoms with Crippen LogP contribution in [0.15, 0.2) is 59.1 Å². The average molecular weight is 308 g/mol. The summed E-state index contributed by atoms with van der Waals surface area (Å²) in [5.41, 5.74) is 3.36. The average Bonchev–Trinajstić information content (AvgIpc) is 3.05. The second-order valence-corrected chi connectivity index (χ2v) is 4.98. The molecule has 0 aliphatic rings. The fourth-order valence-electron chi connectivity index (χ4n) is 2.23. The van der Waals surface area contributed by atoms with Gasteiger partial charge in [-0.05, 0) is 23.6 Å². The molecule has 0 saturated carbocycles. The number of esters is 1. The summed E-state index contributed by atoms with van der Waals surface area (Å²) in [6.07, 6.45) is 0.498. The van der Waals surface area contributed by atoms with Gasteiger partial charge in [0.05, 0.1) is 6.61 Å². The van der Waals surface area contributed by atoms with E-state index in [-0.39, 0.29) is 12.5 Å². The lowest BCUT2D eigenvalue weighted by Gasteiger charge is -2.02. The van der Waals surface area contributed by atoms with Gasteiger partial charge in [0.1, 0.15) is 0 Å². The predicted molar refractivity (Wildman–Crippen MR) is 84.9 cm³/mol. The first kappa shape index (κ1) is 15.0. The number of hydrogen-bond donors (Lipinski definition) is 0. The third-order valence-electron chi connectivity index (χ3n) is 3.34. The van der Waals surface area contributed by atoms with Crippen LogP contribution >= 0.6 is 0 Å². The van der Waals surface area contributed by atoms with Gasteiger partial charge in [-0.15, -0.1) is 0 Å². The highest BCUT2D eigenvalue weighted by molar-refractivity contribution is 5.83. The number of ether oxygens (including phenoxy) is 1. The summed E-state index contributed by atoms with van der Waals surface area (Å²) in [5, 5.41) is 3.81. The Kier molecular flexibility index (Phi) is 4.47. The number of benzene rings is 2. The Morgan fingerprint density at radius 3 is 2.43 bits per heavy atom. The highest BCUT2D eigenvalue weighted by atomic mass is 16.6. The predicted octanol–water partition coefficient (Wildman–Crippen LogP) is 3.50. The summed E-state index contributed by atoms with van der Waals surface area (Å²) in [7, 11) is 0. The van der Waals surface area contributed by atoms with Crippen LogP contribution in [-0.4, -0.2) is 22.7 Å². The lowest BCUT2D eigenvalue weighted by atomic mass is 10.0. The van der Waals surface area contributed by atoms with Gasteiger partial charge in [0.25, 0.3) is 0 Å². The van der Waals surface area contributed by atoms with E-state index in [1.165, 1.54) is 5.56 Å². The molecule has 0 bridgehead atoms. The maximum absolute atomic E-state index is 11.5. The molecular formula is C18H16N2O3. The van der Waals surface area contributed by atoms with Crippen LogP contribution in [0.5, 0.6) is 0 Å². The monoisotopic (exact) mass is 308 g/mol. The first-order valence-corrected chi connectivity index (χ1v) is 7.40. The molecule has 116 valence electrons. The number of rotatable bonds is 5. The van der Waals surface area contributed by atoms with Crippen molar-refractivity contribution in [2.24, 2.45) is 0 Å². The number of hydrogen-bond acceptors (Lipinski definition) is 5. The van der Waals surface area contributed by atoms with E-state index in [1.807, 2.05) is 30.3 Å². The standard InChI is InChI=1S/C18H16N2O3/c1-2-22-18(21)17-19-16(20-23-17)12-13-8-10-15(11-9-13)14-6-4-3-5-7-14/h3-11H,2,12H2,1H3. The molecule has 5 nitrogen and oxygen atoms in total. The normalized spacial score (nSPS) is 10.5. The lowest BCUT2D eigenvalue weighted by Crippen LogP contribution is -2.05. The minimum absolute atomic E-state index is 0.109. The second kappa shape index (κ2) is 6.87. The summed E-state index contributed by atoms with van der Waals surface area (Å²) < 4.78 is 9.73. The molecule has 1 aromatic heterocycles. The molecule has 0 amide bonds. The molecule has 1 heterocycles. The maximum atomic E-state index is 11.5. The summed E-state index contributed by atoms with van der Waals surface area (Å²) in [4.78, 5) is 15.5. The molecular weight excluding hydrogens is 292 g/mol. The van der Waals surface area contributed by atoms with E-state index in [9.17, 15) is 4.79 Å². The van der Waals surface area contributed by atoms with Crippen molar-refractivity contribution in [2.45, 2.75) is 13.3 Å². The van der Waals surface area contributed by atoms with Crippen LogP contribution in [-0.2, 0) is 11.2 Å². The molecule has 5 heteroatoms. The minimum Gasteiger partial charge on any atom is -0.459 e. The molecule has 0 unspecified atom stereocenters. The molecule has 0 aliphatic heterocycles. The van der Waals surface area contributed by atoms with Crippen LogP contribution in [0, 0.1) is 0 Å². The molecule has 0 saturated heterocycles. The van der Waals surface area contributed by atoms with Crippen LogP contribution in [0.25, 0.3) is 11.1 Å².